The van der Waals surface area contributed by atoms with E-state index in [1.807, 2.05) is 7.05 Å². The highest BCUT2D eigenvalue weighted by molar-refractivity contribution is 5.78. The van der Waals surface area contributed by atoms with E-state index in [0.717, 1.165) is 12.8 Å². The zero-order valence-electron chi connectivity index (χ0n) is 12.8. The average Bonchev–Trinajstić information content (AvgIpc) is 2.83. The van der Waals surface area contributed by atoms with Gasteiger partial charge in [0.25, 0.3) is 0 Å². The van der Waals surface area contributed by atoms with Gasteiger partial charge in [-0.05, 0) is 37.5 Å². The van der Waals surface area contributed by atoms with Gasteiger partial charge in [-0.3, -0.25) is 4.79 Å². The maximum Gasteiger partial charge on any atom is 0.225 e. The van der Waals surface area contributed by atoms with Gasteiger partial charge in [0.15, 0.2) is 5.82 Å². The number of rotatable bonds is 3. The molecular weight excluding hydrogens is 268 g/mol. The third kappa shape index (κ3) is 2.95. The first-order chi connectivity index (χ1) is 10.0. The summed E-state index contributed by atoms with van der Waals surface area (Å²) in [7, 11) is 1.82. The van der Waals surface area contributed by atoms with E-state index in [1.165, 1.54) is 19.3 Å². The molecule has 2 bridgehead atoms. The maximum atomic E-state index is 12.6. The molecular formula is C15H24N4O2. The van der Waals surface area contributed by atoms with Crippen LogP contribution in [0, 0.1) is 24.7 Å². The predicted octanol–water partition coefficient (Wildman–Crippen LogP) is 1.49. The molecule has 6 nitrogen and oxygen atoms in total. The van der Waals surface area contributed by atoms with Crippen molar-refractivity contribution in [2.75, 3.05) is 7.05 Å². The van der Waals surface area contributed by atoms with Crippen LogP contribution in [-0.2, 0) is 11.3 Å². The maximum absolute atomic E-state index is 12.6. The van der Waals surface area contributed by atoms with Crippen molar-refractivity contribution in [2.45, 2.75) is 51.6 Å². The molecule has 2 saturated carbocycles. The number of nitrogens with two attached hydrogens (primary N) is 1. The van der Waals surface area contributed by atoms with Gasteiger partial charge < -0.3 is 15.2 Å². The molecule has 0 aliphatic heterocycles. The molecule has 0 spiro atoms. The first-order valence-electron chi connectivity index (χ1n) is 7.84. The monoisotopic (exact) mass is 292 g/mol. The Hall–Kier alpha value is -1.43. The molecule has 0 aromatic carbocycles. The Kier molecular flexibility index (Phi) is 3.97. The Balaban J connectivity index is 1.62. The number of nitrogens with zero attached hydrogens (tertiary/aromatic N) is 3. The average molecular weight is 292 g/mol. The lowest BCUT2D eigenvalue weighted by Gasteiger charge is -2.44. The summed E-state index contributed by atoms with van der Waals surface area (Å²) in [5.41, 5.74) is 6.29. The minimum atomic E-state index is 0.109. The SMILES string of the molecule is Cc1nc(CN(C)C(=O)C2CC3CCCC(C2)C3N)no1. The quantitative estimate of drug-likeness (QED) is 0.912. The van der Waals surface area contributed by atoms with Crippen molar-refractivity contribution >= 4 is 5.91 Å². The van der Waals surface area contributed by atoms with E-state index in [9.17, 15) is 4.79 Å². The number of amides is 1. The van der Waals surface area contributed by atoms with Crippen LogP contribution in [0.4, 0.5) is 0 Å². The molecule has 21 heavy (non-hydrogen) atoms. The van der Waals surface area contributed by atoms with E-state index in [-0.39, 0.29) is 11.8 Å². The Morgan fingerprint density at radius 2 is 2.05 bits per heavy atom. The molecule has 0 saturated heterocycles. The fourth-order valence-corrected chi connectivity index (χ4v) is 4.00. The molecule has 1 aromatic heterocycles. The van der Waals surface area contributed by atoms with Gasteiger partial charge in [-0.15, -0.1) is 0 Å². The van der Waals surface area contributed by atoms with Crippen LogP contribution in [0.3, 0.4) is 0 Å². The van der Waals surface area contributed by atoms with Gasteiger partial charge in [0.05, 0.1) is 6.54 Å². The fourth-order valence-electron chi connectivity index (χ4n) is 4.00. The van der Waals surface area contributed by atoms with Crippen LogP contribution in [-0.4, -0.2) is 34.0 Å². The van der Waals surface area contributed by atoms with Crippen LogP contribution in [0.25, 0.3) is 0 Å². The summed E-state index contributed by atoms with van der Waals surface area (Å²) in [5, 5.41) is 3.85. The Morgan fingerprint density at radius 1 is 1.38 bits per heavy atom. The van der Waals surface area contributed by atoms with Gasteiger partial charge in [0, 0.05) is 25.9 Å². The van der Waals surface area contributed by atoms with Gasteiger partial charge in [0.1, 0.15) is 0 Å². The minimum Gasteiger partial charge on any atom is -0.340 e. The second-order valence-electron chi connectivity index (χ2n) is 6.62. The fraction of sp³-hybridized carbons (Fsp3) is 0.800. The van der Waals surface area contributed by atoms with Crippen LogP contribution >= 0.6 is 0 Å². The van der Waals surface area contributed by atoms with Crippen molar-refractivity contribution in [3.05, 3.63) is 11.7 Å². The molecule has 3 rings (SSSR count). The topological polar surface area (TPSA) is 85.2 Å². The zero-order chi connectivity index (χ0) is 15.0. The molecule has 116 valence electrons. The third-order valence-electron chi connectivity index (χ3n) is 5.09. The standard InChI is InChI=1S/C15H24N4O2/c1-9-17-13(18-21-9)8-19(2)15(20)12-6-10-4-3-5-11(7-12)14(10)16/h10-12,14H,3-8,16H2,1-2H3. The van der Waals surface area contributed by atoms with Crippen molar-refractivity contribution in [3.8, 4) is 0 Å². The molecule has 2 unspecified atom stereocenters. The smallest absolute Gasteiger partial charge is 0.225 e. The Bertz CT molecular complexity index is 502. The molecule has 1 heterocycles. The van der Waals surface area contributed by atoms with Crippen molar-refractivity contribution < 1.29 is 9.32 Å². The molecule has 2 N–H and O–H groups in total. The van der Waals surface area contributed by atoms with E-state index < -0.39 is 0 Å². The van der Waals surface area contributed by atoms with Gasteiger partial charge >= 0.3 is 0 Å². The molecule has 2 fully saturated rings. The number of fused-ring (bicyclic) bond motifs is 2. The van der Waals surface area contributed by atoms with E-state index in [2.05, 4.69) is 10.1 Å². The van der Waals surface area contributed by atoms with Crippen molar-refractivity contribution in [1.82, 2.24) is 15.0 Å². The van der Waals surface area contributed by atoms with E-state index >= 15 is 0 Å². The lowest BCUT2D eigenvalue weighted by atomic mass is 9.65. The first-order valence-corrected chi connectivity index (χ1v) is 7.84. The number of aromatic nitrogens is 2. The van der Waals surface area contributed by atoms with Crippen molar-refractivity contribution in [1.29, 1.82) is 0 Å². The summed E-state index contributed by atoms with van der Waals surface area (Å²) in [6.07, 6.45) is 5.49. The normalized spacial score (nSPS) is 32.0. The van der Waals surface area contributed by atoms with E-state index in [0.29, 0.717) is 36.1 Å². The zero-order valence-corrected chi connectivity index (χ0v) is 12.8. The van der Waals surface area contributed by atoms with Crippen LogP contribution in [0.15, 0.2) is 4.52 Å². The van der Waals surface area contributed by atoms with Crippen LogP contribution in [0.2, 0.25) is 0 Å². The Morgan fingerprint density at radius 3 is 2.62 bits per heavy atom. The summed E-state index contributed by atoms with van der Waals surface area (Å²) >= 11 is 0. The van der Waals surface area contributed by atoms with Gasteiger partial charge in [-0.1, -0.05) is 11.6 Å². The second-order valence-corrected chi connectivity index (χ2v) is 6.62. The van der Waals surface area contributed by atoms with Gasteiger partial charge in [0.2, 0.25) is 11.8 Å². The van der Waals surface area contributed by atoms with E-state index in [1.54, 1.807) is 11.8 Å². The summed E-state index contributed by atoms with van der Waals surface area (Å²) in [6, 6.07) is 0.299. The highest BCUT2D eigenvalue weighted by Gasteiger charge is 2.41. The lowest BCUT2D eigenvalue weighted by molar-refractivity contribution is -0.137. The Labute approximate surface area is 125 Å². The minimum absolute atomic E-state index is 0.109. The summed E-state index contributed by atoms with van der Waals surface area (Å²) in [6.45, 7) is 2.16. The lowest BCUT2D eigenvalue weighted by Crippen LogP contribution is -2.49. The molecule has 2 atom stereocenters. The largest absolute Gasteiger partial charge is 0.340 e. The molecule has 2 aliphatic rings. The van der Waals surface area contributed by atoms with Gasteiger partial charge in [-0.2, -0.15) is 4.98 Å². The van der Waals surface area contributed by atoms with Crippen molar-refractivity contribution in [3.63, 3.8) is 0 Å². The number of carbonyl (C=O) groups excluding carboxylic acids is 1. The number of hydrogen-bond donors (Lipinski definition) is 1. The summed E-state index contributed by atoms with van der Waals surface area (Å²) in [4.78, 5) is 18.5. The summed E-state index contributed by atoms with van der Waals surface area (Å²) < 4.78 is 4.95. The third-order valence-corrected chi connectivity index (χ3v) is 5.09. The highest BCUT2D eigenvalue weighted by atomic mass is 16.5. The number of hydrogen-bond acceptors (Lipinski definition) is 5. The first kappa shape index (κ1) is 14.5. The molecule has 0 radical (unpaired) electrons. The predicted molar refractivity (Wildman–Crippen MR) is 77.0 cm³/mol. The van der Waals surface area contributed by atoms with Gasteiger partial charge in [-0.25, -0.2) is 0 Å². The van der Waals surface area contributed by atoms with Crippen LogP contribution < -0.4 is 5.73 Å². The van der Waals surface area contributed by atoms with Crippen molar-refractivity contribution in [2.24, 2.45) is 23.5 Å². The number of carbonyl (C=O) groups is 1. The second kappa shape index (κ2) is 5.75. The summed E-state index contributed by atoms with van der Waals surface area (Å²) in [5.74, 6) is 2.44. The van der Waals surface area contributed by atoms with Crippen LogP contribution in [0.1, 0.15) is 43.8 Å². The highest BCUT2D eigenvalue weighted by Crippen LogP contribution is 2.42. The van der Waals surface area contributed by atoms with Crippen LogP contribution in [0.5, 0.6) is 0 Å². The molecule has 2 aliphatic carbocycles. The molecule has 1 amide bonds. The molecule has 6 heteroatoms. The van der Waals surface area contributed by atoms with E-state index in [4.69, 9.17) is 10.3 Å². The number of aryl methyl sites for hydroxylation is 1. The molecule has 1 aromatic rings.